The molecule has 0 unspecified atom stereocenters. The molecule has 0 aliphatic carbocycles. The Morgan fingerprint density at radius 3 is 1.47 bits per heavy atom. The predicted molar refractivity (Wildman–Crippen MR) is 218 cm³/mol. The van der Waals surface area contributed by atoms with Crippen LogP contribution in [0.3, 0.4) is 0 Å². The van der Waals surface area contributed by atoms with Crippen LogP contribution in [0.25, 0.3) is 56.4 Å². The monoisotopic (exact) mass is 682 g/mol. The highest BCUT2D eigenvalue weighted by Gasteiger charge is 2.27. The first-order valence-electron chi connectivity index (χ1n) is 17.6. The van der Waals surface area contributed by atoms with E-state index < -0.39 is 0 Å². The Morgan fingerprint density at radius 1 is 0.396 bits per heavy atom. The van der Waals surface area contributed by atoms with Crippen LogP contribution in [0.5, 0.6) is 0 Å². The molecule has 0 fully saturated rings. The lowest BCUT2D eigenvalue weighted by Crippen LogP contribution is -2.31. The Kier molecular flexibility index (Phi) is 8.31. The zero-order valence-electron chi connectivity index (χ0n) is 28.9. The molecule has 53 heavy (non-hydrogen) atoms. The largest absolute Gasteiger partial charge is 0.322 e. The molecule has 9 rings (SSSR count). The summed E-state index contributed by atoms with van der Waals surface area (Å²) in [4.78, 5) is 24.0. The number of aliphatic imine (C=N–C) groups is 1. The van der Waals surface area contributed by atoms with E-state index in [1.807, 2.05) is 72.8 Å². The lowest BCUT2D eigenvalue weighted by molar-refractivity contribution is 0.936. The van der Waals surface area contributed by atoms with Gasteiger partial charge >= 0.3 is 0 Å². The molecule has 252 valence electrons. The molecule has 6 heteroatoms. The third kappa shape index (κ3) is 6.13. The van der Waals surface area contributed by atoms with E-state index >= 15 is 0 Å². The smallest absolute Gasteiger partial charge is 0.164 e. The number of hydrogen-bond acceptors (Lipinski definition) is 6. The highest BCUT2D eigenvalue weighted by atomic mass is 15.3. The van der Waals surface area contributed by atoms with E-state index in [9.17, 15) is 0 Å². The Morgan fingerprint density at radius 2 is 0.849 bits per heavy atom. The average molecular weight is 683 g/mol. The van der Waals surface area contributed by atoms with Gasteiger partial charge in [0.15, 0.2) is 17.5 Å². The summed E-state index contributed by atoms with van der Waals surface area (Å²) in [5, 5.41) is 0. The number of nitrogens with zero attached hydrogens (tertiary/aromatic N) is 6. The van der Waals surface area contributed by atoms with E-state index in [1.54, 1.807) is 0 Å². The van der Waals surface area contributed by atoms with Crippen LogP contribution in [0.1, 0.15) is 0 Å². The Labute approximate surface area is 309 Å². The van der Waals surface area contributed by atoms with E-state index in [-0.39, 0.29) is 0 Å². The molecule has 1 aromatic heterocycles. The number of rotatable bonds is 7. The van der Waals surface area contributed by atoms with Crippen molar-refractivity contribution in [2.75, 3.05) is 16.5 Å². The third-order valence-electron chi connectivity index (χ3n) is 9.62. The molecular formula is C47H34N6. The topological polar surface area (TPSA) is 57.5 Å². The van der Waals surface area contributed by atoms with Crippen LogP contribution in [0.4, 0.5) is 28.4 Å². The molecule has 0 saturated heterocycles. The van der Waals surface area contributed by atoms with E-state index in [0.717, 1.165) is 61.8 Å². The molecule has 8 aromatic rings. The molecule has 0 radical (unpaired) electrons. The second kappa shape index (κ2) is 13.9. The highest BCUT2D eigenvalue weighted by molar-refractivity contribution is 5.95. The van der Waals surface area contributed by atoms with Crippen LogP contribution in [0, 0.1) is 0 Å². The van der Waals surface area contributed by atoms with Gasteiger partial charge in [-0.25, -0.2) is 15.0 Å². The molecule has 0 amide bonds. The van der Waals surface area contributed by atoms with E-state index in [1.165, 1.54) is 5.56 Å². The first-order valence-corrected chi connectivity index (χ1v) is 17.6. The second-order valence-corrected chi connectivity index (χ2v) is 12.8. The summed E-state index contributed by atoms with van der Waals surface area (Å²) in [5.41, 5.74) is 12.4. The molecule has 0 bridgehead atoms. The molecule has 0 N–H and O–H groups in total. The molecule has 6 nitrogen and oxygen atoms in total. The molecule has 0 atom stereocenters. The minimum Gasteiger partial charge on any atom is -0.322 e. The Bertz CT molecular complexity index is 2530. The summed E-state index contributed by atoms with van der Waals surface area (Å²) in [5.74, 6) is 1.90. The average Bonchev–Trinajstić information content (AvgIpc) is 3.39. The molecule has 1 aliphatic heterocycles. The highest BCUT2D eigenvalue weighted by Crippen LogP contribution is 2.47. The van der Waals surface area contributed by atoms with E-state index in [0.29, 0.717) is 24.1 Å². The minimum absolute atomic E-state index is 0.569. The normalized spacial score (nSPS) is 12.1. The molecule has 1 aliphatic rings. The number of hydrogen-bond donors (Lipinski definition) is 0. The van der Waals surface area contributed by atoms with Gasteiger partial charge in [-0.3, -0.25) is 4.99 Å². The van der Waals surface area contributed by atoms with Gasteiger partial charge in [-0.05, 0) is 60.3 Å². The SMILES string of the molecule is C=Nc1ccccc1N1CN(c2cccc(-c3cccc(-c4nc(-c5ccccc5)nc(-c5ccccc5)n4)c3)c2)c2ccccc2-c2ccccc21. The fraction of sp³-hybridized carbons (Fsp3) is 0.0213. The summed E-state index contributed by atoms with van der Waals surface area (Å²) < 4.78 is 0. The molecule has 0 saturated carbocycles. The number of fused-ring (bicyclic) bond motifs is 3. The zero-order valence-corrected chi connectivity index (χ0v) is 28.9. The van der Waals surface area contributed by atoms with Crippen molar-refractivity contribution in [2.45, 2.75) is 0 Å². The van der Waals surface area contributed by atoms with Gasteiger partial charge in [0, 0.05) is 33.5 Å². The molecular weight excluding hydrogens is 649 g/mol. The van der Waals surface area contributed by atoms with Crippen LogP contribution >= 0.6 is 0 Å². The summed E-state index contributed by atoms with van der Waals surface area (Å²) in [6.45, 7) is 4.46. The van der Waals surface area contributed by atoms with Gasteiger partial charge in [-0.2, -0.15) is 0 Å². The zero-order chi connectivity index (χ0) is 35.6. The number of anilines is 4. The lowest BCUT2D eigenvalue weighted by Gasteiger charge is -2.32. The van der Waals surface area contributed by atoms with Crippen molar-refractivity contribution in [3.8, 4) is 56.4 Å². The quantitative estimate of drug-likeness (QED) is 0.157. The summed E-state index contributed by atoms with van der Waals surface area (Å²) in [7, 11) is 0. The first kappa shape index (κ1) is 31.8. The first-order chi connectivity index (χ1) is 26.2. The Balaban J connectivity index is 1.14. The van der Waals surface area contributed by atoms with Gasteiger partial charge in [0.05, 0.1) is 22.7 Å². The van der Waals surface area contributed by atoms with Crippen LogP contribution in [0.2, 0.25) is 0 Å². The maximum atomic E-state index is 4.98. The fourth-order valence-corrected chi connectivity index (χ4v) is 7.05. The van der Waals surface area contributed by atoms with Gasteiger partial charge in [-0.15, -0.1) is 0 Å². The maximum absolute atomic E-state index is 4.98. The van der Waals surface area contributed by atoms with E-state index in [2.05, 4.69) is 131 Å². The summed E-state index contributed by atoms with van der Waals surface area (Å²) >= 11 is 0. The number of benzene rings is 7. The van der Waals surface area contributed by atoms with Crippen molar-refractivity contribution in [3.63, 3.8) is 0 Å². The predicted octanol–water partition coefficient (Wildman–Crippen LogP) is 11.8. The van der Waals surface area contributed by atoms with Crippen LogP contribution in [-0.2, 0) is 0 Å². The number of aromatic nitrogens is 3. The standard InChI is InChI=1S/C47H34N6/c1-48-41-26-10-13-29-44(41)53-32-52(42-27-11-8-24-39(42)40-25-9-12-28-43(40)53)38-23-15-21-36(31-38)35-20-14-22-37(30-35)47-50-45(33-16-4-2-5-17-33)49-46(51-47)34-18-6-3-7-19-34/h2-31H,1,32H2. The van der Waals surface area contributed by atoms with Crippen molar-refractivity contribution in [3.05, 3.63) is 182 Å². The van der Waals surface area contributed by atoms with Crippen LogP contribution < -0.4 is 9.80 Å². The van der Waals surface area contributed by atoms with Crippen molar-refractivity contribution in [1.82, 2.24) is 15.0 Å². The van der Waals surface area contributed by atoms with Gasteiger partial charge in [0.1, 0.15) is 6.67 Å². The molecule has 0 spiro atoms. The lowest BCUT2D eigenvalue weighted by atomic mass is 10.00. The maximum Gasteiger partial charge on any atom is 0.164 e. The summed E-state index contributed by atoms with van der Waals surface area (Å²) in [6, 6.07) is 62.7. The number of para-hydroxylation sites is 4. The summed E-state index contributed by atoms with van der Waals surface area (Å²) in [6.07, 6.45) is 0. The third-order valence-corrected chi connectivity index (χ3v) is 9.62. The Hall–Kier alpha value is -7.18. The van der Waals surface area contributed by atoms with Crippen molar-refractivity contribution in [1.29, 1.82) is 0 Å². The molecule has 7 aromatic carbocycles. The van der Waals surface area contributed by atoms with Gasteiger partial charge < -0.3 is 9.80 Å². The van der Waals surface area contributed by atoms with E-state index in [4.69, 9.17) is 15.0 Å². The van der Waals surface area contributed by atoms with Gasteiger partial charge in [0.2, 0.25) is 0 Å². The van der Waals surface area contributed by atoms with Crippen molar-refractivity contribution >= 4 is 35.2 Å². The minimum atomic E-state index is 0.569. The second-order valence-electron chi connectivity index (χ2n) is 12.8. The van der Waals surface area contributed by atoms with Crippen molar-refractivity contribution in [2.24, 2.45) is 4.99 Å². The van der Waals surface area contributed by atoms with Gasteiger partial charge in [0.25, 0.3) is 0 Å². The van der Waals surface area contributed by atoms with Crippen LogP contribution in [-0.4, -0.2) is 28.3 Å². The fourth-order valence-electron chi connectivity index (χ4n) is 7.05. The van der Waals surface area contributed by atoms with Crippen molar-refractivity contribution < 1.29 is 0 Å². The molecule has 2 heterocycles. The van der Waals surface area contributed by atoms with Gasteiger partial charge in [-0.1, -0.05) is 140 Å². The van der Waals surface area contributed by atoms with Crippen LogP contribution in [0.15, 0.2) is 187 Å².